The number of hydrogen-bond donors (Lipinski definition) is 2. The average molecular weight is 276 g/mol. The molecule has 0 saturated carbocycles. The van der Waals surface area contributed by atoms with Gasteiger partial charge in [-0.05, 0) is 36.6 Å². The first-order valence-electron chi connectivity index (χ1n) is 6.56. The Morgan fingerprint density at radius 2 is 1.60 bits per heavy atom. The van der Waals surface area contributed by atoms with Crippen molar-refractivity contribution < 1.29 is 14.4 Å². The van der Waals surface area contributed by atoms with Gasteiger partial charge in [-0.1, -0.05) is 13.8 Å². The third kappa shape index (κ3) is 4.50. The standard InChI is InChI=1S/C15H20N2O3/c1-10(2)8-13(9-18)17-15(20)12-6-4-11(5-7-12)14(19)16-3/h4-7,9-10,13H,8H2,1-3H3,(H,16,19)(H,17,20). The van der Waals surface area contributed by atoms with Gasteiger partial charge < -0.3 is 15.4 Å². The van der Waals surface area contributed by atoms with Crippen molar-refractivity contribution in [2.24, 2.45) is 5.92 Å². The van der Waals surface area contributed by atoms with E-state index in [1.807, 2.05) is 13.8 Å². The summed E-state index contributed by atoms with van der Waals surface area (Å²) in [5.41, 5.74) is 0.909. The molecule has 1 atom stereocenters. The Morgan fingerprint density at radius 1 is 1.10 bits per heavy atom. The Kier molecular flexibility index (Phi) is 5.90. The van der Waals surface area contributed by atoms with Gasteiger partial charge in [-0.25, -0.2) is 0 Å². The lowest BCUT2D eigenvalue weighted by Gasteiger charge is -2.14. The highest BCUT2D eigenvalue weighted by molar-refractivity contribution is 5.98. The number of amides is 2. The molecular weight excluding hydrogens is 256 g/mol. The van der Waals surface area contributed by atoms with Gasteiger partial charge >= 0.3 is 0 Å². The van der Waals surface area contributed by atoms with Gasteiger partial charge in [0.05, 0.1) is 6.04 Å². The van der Waals surface area contributed by atoms with Crippen molar-refractivity contribution >= 4 is 18.1 Å². The number of carbonyl (C=O) groups excluding carboxylic acids is 3. The van der Waals surface area contributed by atoms with Crippen molar-refractivity contribution in [1.82, 2.24) is 10.6 Å². The number of carbonyl (C=O) groups is 3. The van der Waals surface area contributed by atoms with E-state index in [0.717, 1.165) is 6.29 Å². The van der Waals surface area contributed by atoms with Gasteiger partial charge in [0, 0.05) is 18.2 Å². The maximum atomic E-state index is 12.0. The van der Waals surface area contributed by atoms with Crippen LogP contribution in [0.15, 0.2) is 24.3 Å². The van der Waals surface area contributed by atoms with E-state index in [4.69, 9.17) is 0 Å². The molecule has 1 rings (SSSR count). The summed E-state index contributed by atoms with van der Waals surface area (Å²) < 4.78 is 0. The van der Waals surface area contributed by atoms with E-state index in [9.17, 15) is 14.4 Å². The quantitative estimate of drug-likeness (QED) is 0.771. The monoisotopic (exact) mass is 276 g/mol. The predicted molar refractivity (Wildman–Crippen MR) is 76.6 cm³/mol. The summed E-state index contributed by atoms with van der Waals surface area (Å²) in [5.74, 6) is -0.199. The summed E-state index contributed by atoms with van der Waals surface area (Å²) in [7, 11) is 1.55. The lowest BCUT2D eigenvalue weighted by atomic mass is 10.0. The van der Waals surface area contributed by atoms with E-state index in [0.29, 0.717) is 23.5 Å². The third-order valence-corrected chi connectivity index (χ3v) is 2.84. The smallest absolute Gasteiger partial charge is 0.251 e. The number of benzene rings is 1. The Balaban J connectivity index is 2.72. The van der Waals surface area contributed by atoms with Crippen LogP contribution in [0.2, 0.25) is 0 Å². The summed E-state index contributed by atoms with van der Waals surface area (Å²) in [5, 5.41) is 5.18. The maximum absolute atomic E-state index is 12.0. The van der Waals surface area contributed by atoms with E-state index in [-0.39, 0.29) is 11.8 Å². The van der Waals surface area contributed by atoms with Crippen molar-refractivity contribution in [2.45, 2.75) is 26.3 Å². The minimum Gasteiger partial charge on any atom is -0.355 e. The number of hydrogen-bond acceptors (Lipinski definition) is 3. The molecule has 5 heteroatoms. The van der Waals surface area contributed by atoms with E-state index in [1.54, 1.807) is 31.3 Å². The van der Waals surface area contributed by atoms with Gasteiger partial charge in [0.2, 0.25) is 0 Å². The summed E-state index contributed by atoms with van der Waals surface area (Å²) in [6, 6.07) is 5.80. The fourth-order valence-corrected chi connectivity index (χ4v) is 1.83. The van der Waals surface area contributed by atoms with Crippen molar-refractivity contribution in [3.8, 4) is 0 Å². The molecule has 0 heterocycles. The summed E-state index contributed by atoms with van der Waals surface area (Å²) in [6.45, 7) is 3.97. The van der Waals surface area contributed by atoms with E-state index >= 15 is 0 Å². The van der Waals surface area contributed by atoms with Crippen molar-refractivity contribution in [3.05, 3.63) is 35.4 Å². The lowest BCUT2D eigenvalue weighted by molar-refractivity contribution is -0.109. The molecule has 0 bridgehead atoms. The topological polar surface area (TPSA) is 75.3 Å². The minimum atomic E-state index is -0.485. The van der Waals surface area contributed by atoms with Crippen LogP contribution in [0.25, 0.3) is 0 Å². The van der Waals surface area contributed by atoms with Gasteiger partial charge in [-0.15, -0.1) is 0 Å². The molecule has 0 aliphatic carbocycles. The van der Waals surface area contributed by atoms with Crippen LogP contribution in [-0.2, 0) is 4.79 Å². The molecule has 5 nitrogen and oxygen atoms in total. The van der Waals surface area contributed by atoms with Gasteiger partial charge in [-0.2, -0.15) is 0 Å². The molecule has 0 spiro atoms. The molecule has 20 heavy (non-hydrogen) atoms. The van der Waals surface area contributed by atoms with Crippen LogP contribution in [0.5, 0.6) is 0 Å². The molecule has 2 N–H and O–H groups in total. The third-order valence-electron chi connectivity index (χ3n) is 2.84. The second-order valence-electron chi connectivity index (χ2n) is 5.00. The lowest BCUT2D eigenvalue weighted by Crippen LogP contribution is -2.36. The Labute approximate surface area is 118 Å². The highest BCUT2D eigenvalue weighted by Crippen LogP contribution is 2.07. The van der Waals surface area contributed by atoms with Crippen molar-refractivity contribution in [1.29, 1.82) is 0 Å². The normalized spacial score (nSPS) is 11.8. The number of rotatable bonds is 6. The van der Waals surface area contributed by atoms with E-state index in [2.05, 4.69) is 10.6 Å². The van der Waals surface area contributed by atoms with Crippen LogP contribution in [0.1, 0.15) is 41.0 Å². The molecule has 0 radical (unpaired) electrons. The van der Waals surface area contributed by atoms with Crippen LogP contribution in [0.4, 0.5) is 0 Å². The fraction of sp³-hybridized carbons (Fsp3) is 0.400. The predicted octanol–water partition coefficient (Wildman–Crippen LogP) is 1.39. The molecule has 0 aliphatic rings. The van der Waals surface area contributed by atoms with E-state index < -0.39 is 6.04 Å². The molecule has 1 aromatic carbocycles. The summed E-state index contributed by atoms with van der Waals surface area (Å²) in [4.78, 5) is 34.3. The van der Waals surface area contributed by atoms with Gasteiger partial charge in [-0.3, -0.25) is 9.59 Å². The van der Waals surface area contributed by atoms with Gasteiger partial charge in [0.1, 0.15) is 6.29 Å². The fourth-order valence-electron chi connectivity index (χ4n) is 1.83. The Morgan fingerprint density at radius 3 is 2.00 bits per heavy atom. The summed E-state index contributed by atoms with van der Waals surface area (Å²) in [6.07, 6.45) is 1.35. The first-order valence-corrected chi connectivity index (χ1v) is 6.56. The molecule has 0 aliphatic heterocycles. The minimum absolute atomic E-state index is 0.206. The average Bonchev–Trinajstić information content (AvgIpc) is 2.45. The maximum Gasteiger partial charge on any atom is 0.251 e. The van der Waals surface area contributed by atoms with Gasteiger partial charge in [0.25, 0.3) is 11.8 Å². The molecule has 0 aromatic heterocycles. The largest absolute Gasteiger partial charge is 0.355 e. The first-order chi connectivity index (χ1) is 9.47. The van der Waals surface area contributed by atoms with E-state index in [1.165, 1.54) is 0 Å². The molecule has 1 aromatic rings. The Hall–Kier alpha value is -2.17. The molecule has 2 amide bonds. The second kappa shape index (κ2) is 7.43. The van der Waals surface area contributed by atoms with Crippen LogP contribution < -0.4 is 10.6 Å². The molecular formula is C15H20N2O3. The zero-order valence-electron chi connectivity index (χ0n) is 12.0. The second-order valence-corrected chi connectivity index (χ2v) is 5.00. The van der Waals surface area contributed by atoms with Crippen LogP contribution in [-0.4, -0.2) is 31.2 Å². The molecule has 108 valence electrons. The van der Waals surface area contributed by atoms with Crippen LogP contribution in [0, 0.1) is 5.92 Å². The highest BCUT2D eigenvalue weighted by atomic mass is 16.2. The van der Waals surface area contributed by atoms with Gasteiger partial charge in [0.15, 0.2) is 0 Å². The zero-order valence-corrected chi connectivity index (χ0v) is 12.0. The molecule has 0 fully saturated rings. The Bertz CT molecular complexity index is 480. The number of nitrogens with one attached hydrogen (secondary N) is 2. The van der Waals surface area contributed by atoms with Crippen LogP contribution >= 0.6 is 0 Å². The zero-order chi connectivity index (χ0) is 15.1. The SMILES string of the molecule is CNC(=O)c1ccc(C(=O)NC(C=O)CC(C)C)cc1. The van der Waals surface area contributed by atoms with Crippen molar-refractivity contribution in [2.75, 3.05) is 7.05 Å². The number of aldehydes is 1. The van der Waals surface area contributed by atoms with Crippen LogP contribution in [0.3, 0.4) is 0 Å². The summed E-state index contributed by atoms with van der Waals surface area (Å²) >= 11 is 0. The van der Waals surface area contributed by atoms with Crippen molar-refractivity contribution in [3.63, 3.8) is 0 Å². The molecule has 1 unspecified atom stereocenters. The first kappa shape index (κ1) is 15.9. The molecule has 0 saturated heterocycles. The highest BCUT2D eigenvalue weighted by Gasteiger charge is 2.14.